The highest BCUT2D eigenvalue weighted by atomic mass is 16.4. The lowest BCUT2D eigenvalue weighted by Gasteiger charge is -2.30. The second-order valence-electron chi connectivity index (χ2n) is 11.0. The molecule has 0 heterocycles. The molecule has 0 rings (SSSR count). The highest BCUT2D eigenvalue weighted by Gasteiger charge is 2.38. The van der Waals surface area contributed by atoms with Gasteiger partial charge in [-0.05, 0) is 12.8 Å². The van der Waals surface area contributed by atoms with Crippen LogP contribution >= 0.6 is 0 Å². The first-order valence-corrected chi connectivity index (χ1v) is 15.6. The summed E-state index contributed by atoms with van der Waals surface area (Å²) in [6, 6.07) is 0. The Bertz CT molecular complexity index is 553. The fourth-order valence-electron chi connectivity index (χ4n) is 4.79. The van der Waals surface area contributed by atoms with Crippen LogP contribution in [0.2, 0.25) is 0 Å². The van der Waals surface area contributed by atoms with E-state index in [4.69, 9.17) is 5.73 Å². The minimum atomic E-state index is -2.06. The molecule has 0 spiro atoms. The molecule has 0 aliphatic rings. The SMILES string of the molecule is CCCCCCCCCCCCN(CCCCCCCCCCCC)C(=O)[C@@H](O)[C@@H](O)[C@H](O)[C@H](O)C(N)=O. The molecule has 0 aromatic heterocycles. The number of unbranched alkanes of at least 4 members (excludes halogenated alkanes) is 18. The Labute approximate surface area is 232 Å². The van der Waals surface area contributed by atoms with Crippen LogP contribution in [0, 0.1) is 0 Å². The number of amides is 2. The minimum Gasteiger partial charge on any atom is -0.387 e. The van der Waals surface area contributed by atoms with Crippen molar-refractivity contribution in [3.63, 3.8) is 0 Å². The van der Waals surface area contributed by atoms with E-state index in [2.05, 4.69) is 13.8 Å². The molecule has 0 unspecified atom stereocenters. The molecular formula is C30H60N2O6. The summed E-state index contributed by atoms with van der Waals surface area (Å²) in [7, 11) is 0. The molecule has 8 nitrogen and oxygen atoms in total. The minimum absolute atomic E-state index is 0.463. The molecule has 8 heteroatoms. The standard InChI is InChI=1S/C30H60N2O6/c1-3-5-7-9-11-13-15-17-19-21-23-32(24-22-20-18-16-14-12-10-8-6-4-2)30(38)28(36)26(34)25(33)27(35)29(31)37/h25-28,33-36H,3-24H2,1-2H3,(H2,31,37)/t25-,26-,27-,28-/m0/s1. The number of rotatable bonds is 27. The van der Waals surface area contributed by atoms with E-state index in [1.54, 1.807) is 4.90 Å². The Morgan fingerprint density at radius 2 is 0.816 bits per heavy atom. The number of carbonyl (C=O) groups excluding carboxylic acids is 2. The number of nitrogens with two attached hydrogens (primary N) is 1. The van der Waals surface area contributed by atoms with Crippen LogP contribution in [0.25, 0.3) is 0 Å². The largest absolute Gasteiger partial charge is 0.387 e. The zero-order valence-corrected chi connectivity index (χ0v) is 24.5. The van der Waals surface area contributed by atoms with E-state index in [1.807, 2.05) is 0 Å². The molecule has 0 fully saturated rings. The maximum Gasteiger partial charge on any atom is 0.254 e. The normalized spacial score (nSPS) is 14.7. The van der Waals surface area contributed by atoms with Gasteiger partial charge in [0.2, 0.25) is 5.91 Å². The first-order valence-electron chi connectivity index (χ1n) is 15.6. The van der Waals surface area contributed by atoms with E-state index in [0.29, 0.717) is 13.1 Å². The lowest BCUT2D eigenvalue weighted by atomic mass is 10.0. The zero-order chi connectivity index (χ0) is 28.6. The van der Waals surface area contributed by atoms with Crippen LogP contribution in [0.15, 0.2) is 0 Å². The molecule has 6 N–H and O–H groups in total. The van der Waals surface area contributed by atoms with Gasteiger partial charge >= 0.3 is 0 Å². The van der Waals surface area contributed by atoms with Crippen molar-refractivity contribution >= 4 is 11.8 Å². The van der Waals surface area contributed by atoms with Crippen LogP contribution in [0.3, 0.4) is 0 Å². The van der Waals surface area contributed by atoms with Crippen molar-refractivity contribution in [2.75, 3.05) is 13.1 Å². The van der Waals surface area contributed by atoms with Gasteiger partial charge in [0.25, 0.3) is 5.91 Å². The third kappa shape index (κ3) is 18.1. The second kappa shape index (κ2) is 24.8. The number of aliphatic hydroxyl groups excluding tert-OH is 4. The molecule has 38 heavy (non-hydrogen) atoms. The van der Waals surface area contributed by atoms with Gasteiger partial charge in [0.15, 0.2) is 12.2 Å². The van der Waals surface area contributed by atoms with E-state index >= 15 is 0 Å². The van der Waals surface area contributed by atoms with Crippen molar-refractivity contribution in [1.82, 2.24) is 4.90 Å². The number of aliphatic hydroxyl groups is 4. The second-order valence-corrected chi connectivity index (χ2v) is 11.0. The van der Waals surface area contributed by atoms with Gasteiger partial charge in [-0.3, -0.25) is 9.59 Å². The van der Waals surface area contributed by atoms with Crippen LogP contribution in [0.5, 0.6) is 0 Å². The van der Waals surface area contributed by atoms with Crippen molar-refractivity contribution < 1.29 is 30.0 Å². The highest BCUT2D eigenvalue weighted by molar-refractivity contribution is 5.82. The quantitative estimate of drug-likeness (QED) is 0.0957. The smallest absolute Gasteiger partial charge is 0.254 e. The van der Waals surface area contributed by atoms with Crippen LogP contribution in [0.4, 0.5) is 0 Å². The van der Waals surface area contributed by atoms with Crippen molar-refractivity contribution in [2.45, 2.75) is 167 Å². The maximum atomic E-state index is 13.0. The monoisotopic (exact) mass is 544 g/mol. The fraction of sp³-hybridized carbons (Fsp3) is 0.933. The topological polar surface area (TPSA) is 144 Å². The number of hydrogen-bond donors (Lipinski definition) is 5. The molecule has 0 aromatic carbocycles. The summed E-state index contributed by atoms with van der Waals surface area (Å²) in [5.41, 5.74) is 4.97. The Morgan fingerprint density at radius 3 is 1.13 bits per heavy atom. The van der Waals surface area contributed by atoms with Crippen LogP contribution in [-0.4, -0.2) is 74.6 Å². The number of carbonyl (C=O) groups is 2. The Hall–Kier alpha value is -1.22. The summed E-state index contributed by atoms with van der Waals surface area (Å²) in [5, 5.41) is 40.2. The van der Waals surface area contributed by atoms with E-state index < -0.39 is 36.2 Å². The Balaban J connectivity index is 4.57. The van der Waals surface area contributed by atoms with Crippen LogP contribution in [-0.2, 0) is 9.59 Å². The molecule has 0 aromatic rings. The van der Waals surface area contributed by atoms with Gasteiger partial charge in [0.05, 0.1) is 0 Å². The van der Waals surface area contributed by atoms with E-state index in [9.17, 15) is 30.0 Å². The predicted molar refractivity (Wildman–Crippen MR) is 153 cm³/mol. The summed E-state index contributed by atoms with van der Waals surface area (Å²) in [6.45, 7) is 5.36. The highest BCUT2D eigenvalue weighted by Crippen LogP contribution is 2.15. The molecule has 0 radical (unpaired) electrons. The van der Waals surface area contributed by atoms with Gasteiger partial charge < -0.3 is 31.1 Å². The van der Waals surface area contributed by atoms with Gasteiger partial charge in [-0.15, -0.1) is 0 Å². The van der Waals surface area contributed by atoms with Gasteiger partial charge in [-0.25, -0.2) is 0 Å². The van der Waals surface area contributed by atoms with E-state index in [0.717, 1.165) is 38.5 Å². The molecule has 2 amide bonds. The van der Waals surface area contributed by atoms with Crippen molar-refractivity contribution in [3.8, 4) is 0 Å². The number of hydrogen-bond acceptors (Lipinski definition) is 6. The summed E-state index contributed by atoms with van der Waals surface area (Å²) >= 11 is 0. The molecule has 0 bridgehead atoms. The van der Waals surface area contributed by atoms with Crippen LogP contribution in [0.1, 0.15) is 142 Å². The van der Waals surface area contributed by atoms with Gasteiger partial charge in [-0.2, -0.15) is 0 Å². The lowest BCUT2D eigenvalue weighted by molar-refractivity contribution is -0.160. The number of nitrogens with zero attached hydrogens (tertiary/aromatic N) is 1. The molecule has 0 aliphatic heterocycles. The maximum absolute atomic E-state index is 13.0. The summed E-state index contributed by atoms with van der Waals surface area (Å²) in [4.78, 5) is 25.6. The molecule has 4 atom stereocenters. The predicted octanol–water partition coefficient (Wildman–Crippen LogP) is 4.59. The third-order valence-corrected chi connectivity index (χ3v) is 7.42. The number of primary amides is 1. The summed E-state index contributed by atoms with van der Waals surface area (Å²) in [5.74, 6) is -1.93. The molecule has 0 saturated carbocycles. The summed E-state index contributed by atoms with van der Waals surface area (Å²) < 4.78 is 0. The zero-order valence-electron chi connectivity index (χ0n) is 24.5. The molecular weight excluding hydrogens is 484 g/mol. The fourth-order valence-corrected chi connectivity index (χ4v) is 4.79. The summed E-state index contributed by atoms with van der Waals surface area (Å²) in [6.07, 6.45) is 15.4. The average Bonchev–Trinajstić information content (AvgIpc) is 2.91. The Morgan fingerprint density at radius 1 is 0.526 bits per heavy atom. The van der Waals surface area contributed by atoms with Gasteiger partial charge in [0, 0.05) is 13.1 Å². The molecule has 226 valence electrons. The first-order chi connectivity index (χ1) is 18.3. The van der Waals surface area contributed by atoms with E-state index in [1.165, 1.54) is 89.9 Å². The average molecular weight is 545 g/mol. The van der Waals surface area contributed by atoms with Crippen molar-refractivity contribution in [1.29, 1.82) is 0 Å². The first kappa shape index (κ1) is 36.8. The van der Waals surface area contributed by atoms with Gasteiger partial charge in [-0.1, -0.05) is 129 Å². The van der Waals surface area contributed by atoms with Crippen molar-refractivity contribution in [3.05, 3.63) is 0 Å². The van der Waals surface area contributed by atoms with E-state index in [-0.39, 0.29) is 0 Å². The molecule has 0 saturated heterocycles. The third-order valence-electron chi connectivity index (χ3n) is 7.42. The molecule has 0 aliphatic carbocycles. The van der Waals surface area contributed by atoms with Gasteiger partial charge in [0.1, 0.15) is 12.2 Å². The lowest BCUT2D eigenvalue weighted by Crippen LogP contribution is -2.54. The Kier molecular flexibility index (Phi) is 24.0. The van der Waals surface area contributed by atoms with Crippen molar-refractivity contribution in [2.24, 2.45) is 5.73 Å². The van der Waals surface area contributed by atoms with Crippen LogP contribution < -0.4 is 5.73 Å².